The van der Waals surface area contributed by atoms with Crippen molar-refractivity contribution in [1.29, 1.82) is 0 Å². The molecule has 0 spiro atoms. The second kappa shape index (κ2) is 7.78. The topological polar surface area (TPSA) is 17.1 Å². The van der Waals surface area contributed by atoms with E-state index in [4.69, 9.17) is 0 Å². The van der Waals surface area contributed by atoms with E-state index in [-0.39, 0.29) is 5.78 Å². The SMILES string of the molecule is CCCCCC=CC=C(C)C(C)=O. The van der Waals surface area contributed by atoms with Crippen molar-refractivity contribution in [3.8, 4) is 0 Å². The molecule has 0 bridgehead atoms. The third kappa shape index (κ3) is 7.51. The Hall–Kier alpha value is -0.850. The van der Waals surface area contributed by atoms with Crippen molar-refractivity contribution >= 4 is 5.78 Å². The molecule has 0 heterocycles. The van der Waals surface area contributed by atoms with E-state index in [1.165, 1.54) is 19.3 Å². The van der Waals surface area contributed by atoms with Gasteiger partial charge in [-0.15, -0.1) is 0 Å². The molecule has 0 saturated carbocycles. The van der Waals surface area contributed by atoms with E-state index < -0.39 is 0 Å². The fourth-order valence-corrected chi connectivity index (χ4v) is 0.938. The Kier molecular flexibility index (Phi) is 7.27. The van der Waals surface area contributed by atoms with Gasteiger partial charge in [0.2, 0.25) is 0 Å². The van der Waals surface area contributed by atoms with E-state index in [9.17, 15) is 4.79 Å². The number of unbranched alkanes of at least 4 members (excludes halogenated alkanes) is 3. The van der Waals surface area contributed by atoms with Crippen molar-refractivity contribution in [2.75, 3.05) is 0 Å². The van der Waals surface area contributed by atoms with Crippen LogP contribution in [-0.4, -0.2) is 5.78 Å². The van der Waals surface area contributed by atoms with Gasteiger partial charge in [0.05, 0.1) is 0 Å². The Morgan fingerprint density at radius 1 is 1.23 bits per heavy atom. The second-order valence-corrected chi connectivity index (χ2v) is 3.33. The minimum atomic E-state index is 0.151. The third-order valence-corrected chi connectivity index (χ3v) is 2.01. The molecule has 0 aliphatic heterocycles. The summed E-state index contributed by atoms with van der Waals surface area (Å²) in [5.41, 5.74) is 0.826. The first-order valence-corrected chi connectivity index (χ1v) is 5.02. The average molecular weight is 180 g/mol. The largest absolute Gasteiger partial charge is 0.295 e. The summed E-state index contributed by atoms with van der Waals surface area (Å²) in [5, 5.41) is 0. The second-order valence-electron chi connectivity index (χ2n) is 3.33. The molecule has 0 aliphatic rings. The van der Waals surface area contributed by atoms with Gasteiger partial charge in [-0.05, 0) is 32.3 Å². The first-order valence-electron chi connectivity index (χ1n) is 5.02. The van der Waals surface area contributed by atoms with Crippen LogP contribution in [0, 0.1) is 0 Å². The van der Waals surface area contributed by atoms with Crippen LogP contribution in [0.3, 0.4) is 0 Å². The van der Waals surface area contributed by atoms with Gasteiger partial charge in [-0.3, -0.25) is 4.79 Å². The van der Waals surface area contributed by atoms with Crippen LogP contribution < -0.4 is 0 Å². The monoisotopic (exact) mass is 180 g/mol. The maximum absolute atomic E-state index is 10.8. The van der Waals surface area contributed by atoms with Gasteiger partial charge in [-0.25, -0.2) is 0 Å². The lowest BCUT2D eigenvalue weighted by Gasteiger charge is -1.91. The zero-order chi connectivity index (χ0) is 10.1. The van der Waals surface area contributed by atoms with Crippen molar-refractivity contribution in [2.24, 2.45) is 0 Å². The Labute approximate surface area is 81.5 Å². The summed E-state index contributed by atoms with van der Waals surface area (Å²) in [6.07, 6.45) is 10.9. The molecule has 0 aliphatic carbocycles. The zero-order valence-electron chi connectivity index (χ0n) is 8.97. The fraction of sp³-hybridized carbons (Fsp3) is 0.583. The van der Waals surface area contributed by atoms with Crippen LogP contribution >= 0.6 is 0 Å². The lowest BCUT2D eigenvalue weighted by Crippen LogP contribution is -1.89. The highest BCUT2D eigenvalue weighted by Gasteiger charge is 1.91. The van der Waals surface area contributed by atoms with Crippen LogP contribution in [-0.2, 0) is 4.79 Å². The smallest absolute Gasteiger partial charge is 0.155 e. The van der Waals surface area contributed by atoms with Gasteiger partial charge in [-0.2, -0.15) is 0 Å². The predicted octanol–water partition coefficient (Wildman–Crippen LogP) is 3.66. The van der Waals surface area contributed by atoms with Crippen molar-refractivity contribution < 1.29 is 4.79 Å². The van der Waals surface area contributed by atoms with E-state index in [1.54, 1.807) is 6.92 Å². The summed E-state index contributed by atoms with van der Waals surface area (Å²) in [6.45, 7) is 5.64. The molecule has 0 radical (unpaired) electrons. The van der Waals surface area contributed by atoms with Gasteiger partial charge < -0.3 is 0 Å². The van der Waals surface area contributed by atoms with Crippen LogP contribution in [0.2, 0.25) is 0 Å². The van der Waals surface area contributed by atoms with Crippen molar-refractivity contribution in [2.45, 2.75) is 46.5 Å². The Balaban J connectivity index is 3.62. The maximum atomic E-state index is 10.8. The molecule has 13 heavy (non-hydrogen) atoms. The highest BCUT2D eigenvalue weighted by Crippen LogP contribution is 2.00. The lowest BCUT2D eigenvalue weighted by molar-refractivity contribution is -0.113. The van der Waals surface area contributed by atoms with E-state index in [0.29, 0.717) is 0 Å². The van der Waals surface area contributed by atoms with Crippen LogP contribution in [0.15, 0.2) is 23.8 Å². The fourth-order valence-electron chi connectivity index (χ4n) is 0.938. The van der Waals surface area contributed by atoms with Crippen LogP contribution in [0.5, 0.6) is 0 Å². The minimum absolute atomic E-state index is 0.151. The number of hydrogen-bond donors (Lipinski definition) is 0. The molecule has 0 N–H and O–H groups in total. The van der Waals surface area contributed by atoms with Gasteiger partial charge >= 0.3 is 0 Å². The molecule has 0 rings (SSSR count). The van der Waals surface area contributed by atoms with Gasteiger partial charge in [0, 0.05) is 0 Å². The molecular formula is C12H20O. The molecule has 0 fully saturated rings. The highest BCUT2D eigenvalue weighted by atomic mass is 16.1. The quantitative estimate of drug-likeness (QED) is 0.346. The highest BCUT2D eigenvalue weighted by molar-refractivity contribution is 5.92. The maximum Gasteiger partial charge on any atom is 0.155 e. The van der Waals surface area contributed by atoms with Crippen molar-refractivity contribution in [1.82, 2.24) is 0 Å². The average Bonchev–Trinajstić information content (AvgIpc) is 2.10. The number of carbonyl (C=O) groups excluding carboxylic acids is 1. The first kappa shape index (κ1) is 12.2. The molecule has 0 aromatic carbocycles. The molecule has 1 nitrogen and oxygen atoms in total. The number of hydrogen-bond acceptors (Lipinski definition) is 1. The summed E-state index contributed by atoms with van der Waals surface area (Å²) in [4.78, 5) is 10.8. The Morgan fingerprint density at radius 3 is 2.46 bits per heavy atom. The van der Waals surface area contributed by atoms with Gasteiger partial charge in [0.15, 0.2) is 5.78 Å². The number of ketones is 1. The van der Waals surface area contributed by atoms with Gasteiger partial charge in [-0.1, -0.05) is 38.0 Å². The van der Waals surface area contributed by atoms with Crippen LogP contribution in [0.1, 0.15) is 46.5 Å². The molecule has 1 heteroatoms. The molecule has 0 aromatic heterocycles. The van der Waals surface area contributed by atoms with E-state index in [0.717, 1.165) is 12.0 Å². The summed E-state index contributed by atoms with van der Waals surface area (Å²) in [7, 11) is 0. The summed E-state index contributed by atoms with van der Waals surface area (Å²) in [5.74, 6) is 0.151. The van der Waals surface area contributed by atoms with Crippen molar-refractivity contribution in [3.63, 3.8) is 0 Å². The molecule has 0 amide bonds. The normalized spacial score (nSPS) is 12.4. The van der Waals surface area contributed by atoms with E-state index in [1.807, 2.05) is 19.1 Å². The van der Waals surface area contributed by atoms with Gasteiger partial charge in [0.1, 0.15) is 0 Å². The van der Waals surface area contributed by atoms with Crippen LogP contribution in [0.25, 0.3) is 0 Å². The predicted molar refractivity (Wildman–Crippen MR) is 57.7 cm³/mol. The molecule has 0 unspecified atom stereocenters. The molecule has 0 atom stereocenters. The molecule has 0 saturated heterocycles. The lowest BCUT2D eigenvalue weighted by atomic mass is 10.1. The Morgan fingerprint density at radius 2 is 1.92 bits per heavy atom. The number of Topliss-reactive ketones (excluding diaryl/α,β-unsaturated/α-hetero) is 1. The van der Waals surface area contributed by atoms with E-state index in [2.05, 4.69) is 13.0 Å². The first-order chi connectivity index (χ1) is 6.18. The molecule has 0 aromatic rings. The van der Waals surface area contributed by atoms with Gasteiger partial charge in [0.25, 0.3) is 0 Å². The van der Waals surface area contributed by atoms with E-state index >= 15 is 0 Å². The minimum Gasteiger partial charge on any atom is -0.295 e. The number of allylic oxidation sites excluding steroid dienone is 4. The van der Waals surface area contributed by atoms with Crippen molar-refractivity contribution in [3.05, 3.63) is 23.8 Å². The number of carbonyl (C=O) groups is 1. The summed E-state index contributed by atoms with van der Waals surface area (Å²) >= 11 is 0. The van der Waals surface area contributed by atoms with Crippen LogP contribution in [0.4, 0.5) is 0 Å². The third-order valence-electron chi connectivity index (χ3n) is 2.01. The molecule has 74 valence electrons. The standard InChI is InChI=1S/C12H20O/c1-4-5-6-7-8-9-10-11(2)12(3)13/h8-10H,4-7H2,1-3H3. The molecular weight excluding hydrogens is 160 g/mol. The summed E-state index contributed by atoms with van der Waals surface area (Å²) in [6, 6.07) is 0. The summed E-state index contributed by atoms with van der Waals surface area (Å²) < 4.78 is 0. The Bertz CT molecular complexity index is 199. The number of rotatable bonds is 6. The zero-order valence-corrected chi connectivity index (χ0v) is 8.97.